The Morgan fingerprint density at radius 3 is 0.743 bits per heavy atom. The summed E-state index contributed by atoms with van der Waals surface area (Å²) in [5.74, 6) is -1.59. The Morgan fingerprint density at radius 2 is 0.469 bits per heavy atom. The molecular formula is C95H162O16P2. The molecule has 0 heterocycles. The van der Waals surface area contributed by atoms with Gasteiger partial charge in [-0.3, -0.25) is 32.5 Å². The van der Waals surface area contributed by atoms with Gasteiger partial charge in [0.15, 0.2) is 6.10 Å². The summed E-state index contributed by atoms with van der Waals surface area (Å²) in [6.07, 6.45) is 110. The number of ether oxygens (including phenoxy) is 3. The number of allylic oxidation sites excluding steroid dienone is 26. The van der Waals surface area contributed by atoms with E-state index >= 15 is 0 Å². The van der Waals surface area contributed by atoms with E-state index in [1.54, 1.807) is 0 Å². The SMILES string of the molecule is CC/C=C\C/C=C\C/C=C\C/C=C\C/C=C\CCCCCCCCCCCCCCCCCCCC(=O)OCC(O)COP(=O)(O)OCC(O)COP(=O)(O)OCC(COC(=O)CCCCCCCCCCC/C=C\C/C=C\C/C=C\C/C=C\CCCCC)OC(=O)CCCCCCCC/C=C\C/C=C\C/C=C\C/C=C\CC. The first-order valence-corrected chi connectivity index (χ1v) is 47.8. The summed E-state index contributed by atoms with van der Waals surface area (Å²) in [7, 11) is -9.81. The molecule has 0 aromatic rings. The monoisotopic (exact) mass is 1620 g/mol. The lowest BCUT2D eigenvalue weighted by Gasteiger charge is -2.21. The van der Waals surface area contributed by atoms with Gasteiger partial charge in [-0.15, -0.1) is 0 Å². The molecule has 0 aliphatic rings. The fourth-order valence-electron chi connectivity index (χ4n) is 12.0. The van der Waals surface area contributed by atoms with E-state index in [1.165, 1.54) is 141 Å². The summed E-state index contributed by atoms with van der Waals surface area (Å²) in [5.41, 5.74) is 0. The molecule has 0 radical (unpaired) electrons. The molecule has 0 aliphatic heterocycles. The zero-order chi connectivity index (χ0) is 82.2. The molecule has 0 spiro atoms. The van der Waals surface area contributed by atoms with E-state index in [1.807, 2.05) is 0 Å². The van der Waals surface area contributed by atoms with Crippen LogP contribution in [0.15, 0.2) is 158 Å². The molecule has 18 heteroatoms. The van der Waals surface area contributed by atoms with Crippen molar-refractivity contribution in [2.45, 2.75) is 386 Å². The van der Waals surface area contributed by atoms with Crippen molar-refractivity contribution < 1.29 is 75.8 Å². The minimum atomic E-state index is -4.95. The van der Waals surface area contributed by atoms with Crippen molar-refractivity contribution in [1.29, 1.82) is 0 Å². The van der Waals surface area contributed by atoms with E-state index in [0.717, 1.165) is 167 Å². The Bertz CT molecular complexity index is 2680. The topological polar surface area (TPSA) is 231 Å². The maximum atomic E-state index is 13.0. The van der Waals surface area contributed by atoms with Crippen LogP contribution < -0.4 is 0 Å². The van der Waals surface area contributed by atoms with Gasteiger partial charge in [-0.25, -0.2) is 9.13 Å². The largest absolute Gasteiger partial charge is 0.472 e. The smallest absolute Gasteiger partial charge is 0.463 e. The molecule has 0 saturated heterocycles. The van der Waals surface area contributed by atoms with E-state index in [-0.39, 0.29) is 19.3 Å². The number of phosphoric ester groups is 2. The number of carbonyl (C=O) groups is 3. The summed E-state index contributed by atoms with van der Waals surface area (Å²) < 4.78 is 61.4. The van der Waals surface area contributed by atoms with Crippen molar-refractivity contribution in [1.82, 2.24) is 0 Å². The van der Waals surface area contributed by atoms with E-state index in [4.69, 9.17) is 32.3 Å². The van der Waals surface area contributed by atoms with Crippen molar-refractivity contribution >= 4 is 33.6 Å². The van der Waals surface area contributed by atoms with Crippen molar-refractivity contribution in [2.75, 3.05) is 39.6 Å². The summed E-state index contributed by atoms with van der Waals surface area (Å²) in [6.45, 7) is 2.44. The van der Waals surface area contributed by atoms with Gasteiger partial charge < -0.3 is 34.2 Å². The first-order valence-electron chi connectivity index (χ1n) is 44.8. The molecule has 648 valence electrons. The van der Waals surface area contributed by atoms with Gasteiger partial charge in [-0.2, -0.15) is 0 Å². The Kier molecular flexibility index (Phi) is 82.8. The zero-order valence-corrected chi connectivity index (χ0v) is 73.0. The second kappa shape index (κ2) is 86.5. The van der Waals surface area contributed by atoms with Crippen LogP contribution in [0.1, 0.15) is 367 Å². The average molecular weight is 1620 g/mol. The van der Waals surface area contributed by atoms with Gasteiger partial charge in [0.05, 0.1) is 26.4 Å². The first-order chi connectivity index (χ1) is 55.2. The van der Waals surface area contributed by atoms with E-state index < -0.39 is 91.5 Å². The molecule has 16 nitrogen and oxygen atoms in total. The number of phosphoric acid groups is 2. The molecule has 0 aromatic heterocycles. The third-order valence-electron chi connectivity index (χ3n) is 18.7. The quantitative estimate of drug-likeness (QED) is 0.0146. The highest BCUT2D eigenvalue weighted by Gasteiger charge is 2.29. The van der Waals surface area contributed by atoms with Crippen molar-refractivity contribution in [2.24, 2.45) is 0 Å². The average Bonchev–Trinajstić information content (AvgIpc) is 0.900. The Morgan fingerprint density at radius 1 is 0.257 bits per heavy atom. The summed E-state index contributed by atoms with van der Waals surface area (Å²) in [6, 6.07) is 0. The standard InChI is InChI=1S/C95H162O16P2/c1-4-7-10-13-16-19-22-25-28-31-34-36-38-40-41-42-43-44-45-46-47-49-51-52-55-57-60-63-66-69-72-75-78-81-93(98)105-84-90(96)85-107-112(101,102)108-86-91(97)87-109-113(103,104)110-89-92(111-95(100)83-80-77-74-71-68-65-62-59-54-33-30-27-24-21-18-15-12-9-6-3)88-106-94(99)82-79-76-73-70-67-64-61-58-56-53-50-48-39-37-35-32-29-26-23-20-17-14-11-8-5-2/h7,9-10,12,16-21,25-30,34-37,40-41,48,50,54,59,90-92,96-97H,4-6,8,11,13-15,22-24,31-33,38-39,42-47,49,51-53,55-58,60-89H2,1-3H3,(H,101,102)(H,103,104)/b10-7-,12-9-,19-16-,20-17-,21-18-,28-25-,29-26-,30-27-,36-34-,37-35-,41-40-,50-48-,59-54-. The molecule has 5 unspecified atom stereocenters. The van der Waals surface area contributed by atoms with Gasteiger partial charge >= 0.3 is 33.6 Å². The Hall–Kier alpha value is -4.83. The number of hydrogen-bond donors (Lipinski definition) is 4. The van der Waals surface area contributed by atoms with Crippen LogP contribution in [-0.2, 0) is 55.8 Å². The maximum absolute atomic E-state index is 13.0. The molecule has 0 rings (SSSR count). The van der Waals surface area contributed by atoms with Crippen molar-refractivity contribution in [3.63, 3.8) is 0 Å². The molecule has 0 aromatic carbocycles. The highest BCUT2D eigenvalue weighted by molar-refractivity contribution is 7.47. The maximum Gasteiger partial charge on any atom is 0.472 e. The van der Waals surface area contributed by atoms with E-state index in [9.17, 15) is 43.5 Å². The fraction of sp³-hybridized carbons (Fsp3) is 0.695. The van der Waals surface area contributed by atoms with Crippen LogP contribution >= 0.6 is 15.6 Å². The molecular weight excluding hydrogens is 1460 g/mol. The van der Waals surface area contributed by atoms with Crippen molar-refractivity contribution in [3.05, 3.63) is 158 Å². The van der Waals surface area contributed by atoms with Crippen LogP contribution in [0.5, 0.6) is 0 Å². The molecule has 0 fully saturated rings. The number of esters is 3. The normalized spacial score (nSPS) is 14.6. The van der Waals surface area contributed by atoms with Crippen LogP contribution in [0, 0.1) is 0 Å². The predicted octanol–water partition coefficient (Wildman–Crippen LogP) is 27.3. The lowest BCUT2D eigenvalue weighted by molar-refractivity contribution is -0.161. The molecule has 4 N–H and O–H groups in total. The van der Waals surface area contributed by atoms with Gasteiger partial charge in [-0.05, 0) is 148 Å². The number of unbranched alkanes of at least 4 members (excludes halogenated alkanes) is 35. The summed E-state index contributed by atoms with van der Waals surface area (Å²) in [4.78, 5) is 58.9. The van der Waals surface area contributed by atoms with Gasteiger partial charge in [0, 0.05) is 19.3 Å². The summed E-state index contributed by atoms with van der Waals surface area (Å²) >= 11 is 0. The second-order valence-electron chi connectivity index (χ2n) is 29.6. The highest BCUT2D eigenvalue weighted by Crippen LogP contribution is 2.45. The molecule has 0 saturated carbocycles. The minimum Gasteiger partial charge on any atom is -0.463 e. The van der Waals surface area contributed by atoms with Crippen LogP contribution in [-0.4, -0.2) is 95.9 Å². The van der Waals surface area contributed by atoms with Gasteiger partial charge in [0.25, 0.3) is 0 Å². The number of hydrogen-bond acceptors (Lipinski definition) is 14. The van der Waals surface area contributed by atoms with Crippen molar-refractivity contribution in [3.8, 4) is 0 Å². The second-order valence-corrected chi connectivity index (χ2v) is 32.5. The van der Waals surface area contributed by atoms with E-state index in [0.29, 0.717) is 19.3 Å². The minimum absolute atomic E-state index is 0.0835. The fourth-order valence-corrected chi connectivity index (χ4v) is 13.6. The molecule has 0 aliphatic carbocycles. The zero-order valence-electron chi connectivity index (χ0n) is 71.3. The van der Waals surface area contributed by atoms with Crippen LogP contribution in [0.4, 0.5) is 0 Å². The predicted molar refractivity (Wildman–Crippen MR) is 472 cm³/mol. The number of aliphatic hydroxyl groups excluding tert-OH is 2. The number of rotatable bonds is 84. The summed E-state index contributed by atoms with van der Waals surface area (Å²) in [5, 5.41) is 20.7. The molecule has 0 bridgehead atoms. The van der Waals surface area contributed by atoms with Gasteiger partial charge in [-0.1, -0.05) is 359 Å². The number of carbonyl (C=O) groups excluding carboxylic acids is 3. The molecule has 5 atom stereocenters. The Balaban J connectivity index is 4.54. The van der Waals surface area contributed by atoms with Crippen LogP contribution in [0.2, 0.25) is 0 Å². The lowest BCUT2D eigenvalue weighted by Crippen LogP contribution is -2.30. The third kappa shape index (κ3) is 87.8. The number of aliphatic hydroxyl groups is 2. The molecule has 0 amide bonds. The van der Waals surface area contributed by atoms with Crippen LogP contribution in [0.25, 0.3) is 0 Å². The highest BCUT2D eigenvalue weighted by atomic mass is 31.2. The van der Waals surface area contributed by atoms with Gasteiger partial charge in [0.2, 0.25) is 0 Å². The first kappa shape index (κ1) is 108. The lowest BCUT2D eigenvalue weighted by atomic mass is 10.0. The third-order valence-corrected chi connectivity index (χ3v) is 20.6. The molecule has 113 heavy (non-hydrogen) atoms. The Labute approximate surface area is 689 Å². The van der Waals surface area contributed by atoms with Gasteiger partial charge in [0.1, 0.15) is 25.4 Å². The van der Waals surface area contributed by atoms with E-state index in [2.05, 4.69) is 179 Å². The van der Waals surface area contributed by atoms with Crippen LogP contribution in [0.3, 0.4) is 0 Å².